The Labute approximate surface area is 83.2 Å². The number of carbonyl (C=O) groups is 2. The Bertz CT molecular complexity index is 409. The molecule has 0 saturated heterocycles. The van der Waals surface area contributed by atoms with Crippen molar-refractivity contribution in [3.8, 4) is 0 Å². The minimum absolute atomic E-state index is 0.301. The molecule has 0 bridgehead atoms. The van der Waals surface area contributed by atoms with E-state index in [-0.39, 0.29) is 5.69 Å². The summed E-state index contributed by atoms with van der Waals surface area (Å²) >= 11 is 0. The first kappa shape index (κ1) is 11.1. The van der Waals surface area contributed by atoms with E-state index in [0.717, 1.165) is 12.1 Å². The Morgan fingerprint density at radius 2 is 1.87 bits per heavy atom. The highest BCUT2D eigenvalue weighted by Crippen LogP contribution is 2.14. The van der Waals surface area contributed by atoms with E-state index in [9.17, 15) is 18.4 Å². The van der Waals surface area contributed by atoms with E-state index in [1.807, 2.05) is 5.32 Å². The number of rotatable bonds is 1. The van der Waals surface area contributed by atoms with Crippen LogP contribution in [0.5, 0.6) is 0 Å². The van der Waals surface area contributed by atoms with Gasteiger partial charge in [-0.3, -0.25) is 15.0 Å². The van der Waals surface area contributed by atoms with Crippen LogP contribution in [0, 0.1) is 11.6 Å². The summed E-state index contributed by atoms with van der Waals surface area (Å²) in [6, 6.07) is 2.52. The van der Waals surface area contributed by atoms with Crippen molar-refractivity contribution in [2.45, 2.75) is 0 Å². The van der Waals surface area contributed by atoms with E-state index < -0.39 is 23.4 Å². The molecule has 0 aliphatic carbocycles. The molecule has 1 aromatic rings. The topological polar surface area (TPSA) is 84.2 Å². The second-order valence-electron chi connectivity index (χ2n) is 2.55. The van der Waals surface area contributed by atoms with E-state index >= 15 is 0 Å². The summed E-state index contributed by atoms with van der Waals surface area (Å²) in [5.41, 5.74) is 1.27. The minimum atomic E-state index is -1.14. The smallest absolute Gasteiger partial charge is 0.315 e. The van der Waals surface area contributed by atoms with Gasteiger partial charge >= 0.3 is 11.8 Å². The SMILES string of the molecule is NNC(=O)C(=O)Nc1ccc(F)cc1F. The molecule has 0 unspecified atom stereocenters. The molecule has 0 atom stereocenters. The van der Waals surface area contributed by atoms with Gasteiger partial charge < -0.3 is 5.32 Å². The molecule has 5 nitrogen and oxygen atoms in total. The molecule has 4 N–H and O–H groups in total. The molecule has 0 aliphatic heterocycles. The number of halogens is 2. The van der Waals surface area contributed by atoms with Crippen molar-refractivity contribution < 1.29 is 18.4 Å². The molecular weight excluding hydrogens is 208 g/mol. The summed E-state index contributed by atoms with van der Waals surface area (Å²) in [6.45, 7) is 0. The van der Waals surface area contributed by atoms with Crippen LogP contribution in [-0.2, 0) is 9.59 Å². The fraction of sp³-hybridized carbons (Fsp3) is 0. The first-order chi connectivity index (χ1) is 7.04. The summed E-state index contributed by atoms with van der Waals surface area (Å²) in [4.78, 5) is 21.6. The molecular formula is C8H7F2N3O2. The lowest BCUT2D eigenvalue weighted by molar-refractivity contribution is -0.136. The molecule has 1 aromatic carbocycles. The number of nitrogens with two attached hydrogens (primary N) is 1. The molecule has 1 rings (SSSR count). The highest BCUT2D eigenvalue weighted by molar-refractivity contribution is 6.39. The zero-order valence-electron chi connectivity index (χ0n) is 7.38. The predicted octanol–water partition coefficient (Wildman–Crippen LogP) is -0.107. The average molecular weight is 215 g/mol. The summed E-state index contributed by atoms with van der Waals surface area (Å²) < 4.78 is 25.4. The third-order valence-electron chi connectivity index (χ3n) is 1.52. The van der Waals surface area contributed by atoms with Crippen LogP contribution in [0.15, 0.2) is 18.2 Å². The quantitative estimate of drug-likeness (QED) is 0.264. The second-order valence-corrected chi connectivity index (χ2v) is 2.55. The van der Waals surface area contributed by atoms with Gasteiger partial charge in [0.1, 0.15) is 11.6 Å². The highest BCUT2D eigenvalue weighted by Gasteiger charge is 2.14. The van der Waals surface area contributed by atoms with Gasteiger partial charge in [0, 0.05) is 6.07 Å². The van der Waals surface area contributed by atoms with Crippen molar-refractivity contribution in [2.24, 2.45) is 5.84 Å². The zero-order valence-corrected chi connectivity index (χ0v) is 7.38. The third-order valence-corrected chi connectivity index (χ3v) is 1.52. The molecule has 0 heterocycles. The van der Waals surface area contributed by atoms with Gasteiger partial charge in [-0.1, -0.05) is 0 Å². The minimum Gasteiger partial charge on any atom is -0.315 e. The number of anilines is 1. The number of hydrogen-bond donors (Lipinski definition) is 3. The van der Waals surface area contributed by atoms with E-state index in [1.165, 1.54) is 0 Å². The number of carbonyl (C=O) groups excluding carboxylic acids is 2. The maximum absolute atomic E-state index is 13.0. The number of nitrogens with one attached hydrogen (secondary N) is 2. The molecule has 15 heavy (non-hydrogen) atoms. The summed E-state index contributed by atoms with van der Waals surface area (Å²) in [5, 5.41) is 1.92. The number of benzene rings is 1. The van der Waals surface area contributed by atoms with Crippen LogP contribution in [0.25, 0.3) is 0 Å². The van der Waals surface area contributed by atoms with E-state index in [1.54, 1.807) is 5.43 Å². The first-order valence-corrected chi connectivity index (χ1v) is 3.81. The molecule has 80 valence electrons. The van der Waals surface area contributed by atoms with Crippen molar-refractivity contribution in [1.29, 1.82) is 0 Å². The Morgan fingerprint density at radius 1 is 1.20 bits per heavy atom. The van der Waals surface area contributed by atoms with E-state index in [4.69, 9.17) is 0 Å². The van der Waals surface area contributed by atoms with Gasteiger partial charge in [-0.15, -0.1) is 0 Å². The lowest BCUT2D eigenvalue weighted by Gasteiger charge is -2.04. The molecule has 0 fully saturated rings. The maximum Gasteiger partial charge on any atom is 0.323 e. The molecule has 0 aromatic heterocycles. The monoisotopic (exact) mass is 215 g/mol. The van der Waals surface area contributed by atoms with Crippen molar-refractivity contribution in [2.75, 3.05) is 5.32 Å². The molecule has 7 heteroatoms. The number of hydrogen-bond acceptors (Lipinski definition) is 3. The van der Waals surface area contributed by atoms with Crippen LogP contribution in [0.1, 0.15) is 0 Å². The van der Waals surface area contributed by atoms with E-state index in [0.29, 0.717) is 6.07 Å². The lowest BCUT2D eigenvalue weighted by Crippen LogP contribution is -2.39. The summed E-state index contributed by atoms with van der Waals surface area (Å²) in [7, 11) is 0. The number of hydrazine groups is 1. The fourth-order valence-electron chi connectivity index (χ4n) is 0.835. The van der Waals surface area contributed by atoms with Crippen molar-refractivity contribution in [3.63, 3.8) is 0 Å². The molecule has 0 spiro atoms. The van der Waals surface area contributed by atoms with E-state index in [2.05, 4.69) is 5.84 Å². The van der Waals surface area contributed by atoms with Crippen LogP contribution >= 0.6 is 0 Å². The lowest BCUT2D eigenvalue weighted by atomic mass is 10.3. The Hall–Kier alpha value is -2.02. The molecule has 0 radical (unpaired) electrons. The van der Waals surface area contributed by atoms with Gasteiger partial charge in [-0.25, -0.2) is 14.6 Å². The number of amides is 2. The Morgan fingerprint density at radius 3 is 2.40 bits per heavy atom. The predicted molar refractivity (Wildman–Crippen MR) is 47.3 cm³/mol. The largest absolute Gasteiger partial charge is 0.323 e. The normalized spacial score (nSPS) is 9.53. The average Bonchev–Trinajstić information content (AvgIpc) is 2.20. The summed E-state index contributed by atoms with van der Waals surface area (Å²) in [6.07, 6.45) is 0. The highest BCUT2D eigenvalue weighted by atomic mass is 19.1. The maximum atomic E-state index is 13.0. The van der Waals surface area contributed by atoms with Crippen molar-refractivity contribution in [3.05, 3.63) is 29.8 Å². The first-order valence-electron chi connectivity index (χ1n) is 3.81. The molecule has 0 aliphatic rings. The van der Waals surface area contributed by atoms with Crippen LogP contribution < -0.4 is 16.6 Å². The van der Waals surface area contributed by atoms with Gasteiger partial charge in [0.2, 0.25) is 0 Å². The third kappa shape index (κ3) is 2.71. The zero-order chi connectivity index (χ0) is 11.4. The van der Waals surface area contributed by atoms with Crippen molar-refractivity contribution >= 4 is 17.5 Å². The van der Waals surface area contributed by atoms with Gasteiger partial charge in [0.05, 0.1) is 5.69 Å². The molecule has 0 saturated carbocycles. The van der Waals surface area contributed by atoms with Crippen LogP contribution in [0.2, 0.25) is 0 Å². The van der Waals surface area contributed by atoms with Gasteiger partial charge in [-0.2, -0.15) is 0 Å². The standard InChI is InChI=1S/C8H7F2N3O2/c9-4-1-2-6(5(10)3-4)12-7(14)8(15)13-11/h1-3H,11H2,(H,12,14)(H,13,15). The van der Waals surface area contributed by atoms with Gasteiger partial charge in [-0.05, 0) is 12.1 Å². The molecule has 2 amide bonds. The Kier molecular flexibility index (Phi) is 3.29. The van der Waals surface area contributed by atoms with Gasteiger partial charge in [0.25, 0.3) is 0 Å². The van der Waals surface area contributed by atoms with Gasteiger partial charge in [0.15, 0.2) is 0 Å². The van der Waals surface area contributed by atoms with Crippen molar-refractivity contribution in [1.82, 2.24) is 5.43 Å². The Balaban J connectivity index is 2.81. The summed E-state index contributed by atoms with van der Waals surface area (Å²) in [5.74, 6) is 0.650. The fourth-order valence-corrected chi connectivity index (χ4v) is 0.835. The van der Waals surface area contributed by atoms with Crippen LogP contribution in [-0.4, -0.2) is 11.8 Å². The second kappa shape index (κ2) is 4.47. The van der Waals surface area contributed by atoms with Crippen LogP contribution in [0.3, 0.4) is 0 Å². The van der Waals surface area contributed by atoms with Crippen LogP contribution in [0.4, 0.5) is 14.5 Å².